The summed E-state index contributed by atoms with van der Waals surface area (Å²) >= 11 is 0. The molecule has 2 heterocycles. The topological polar surface area (TPSA) is 61.7 Å². The lowest BCUT2D eigenvalue weighted by molar-refractivity contribution is 0.578. The molecule has 0 atom stereocenters. The molecule has 0 fully saturated rings. The lowest BCUT2D eigenvalue weighted by Crippen LogP contribution is -2.07. The van der Waals surface area contributed by atoms with E-state index in [1.54, 1.807) is 6.20 Å². The zero-order valence-corrected chi connectivity index (χ0v) is 10.2. The number of imidazole rings is 2. The van der Waals surface area contributed by atoms with E-state index in [-0.39, 0.29) is 0 Å². The van der Waals surface area contributed by atoms with Gasteiger partial charge in [0, 0.05) is 31.2 Å². The van der Waals surface area contributed by atoms with Crippen molar-refractivity contribution in [1.82, 2.24) is 19.1 Å². The normalized spacial score (nSPS) is 11.2. The number of fused-ring (bicyclic) bond motifs is 1. The van der Waals surface area contributed by atoms with Crippen molar-refractivity contribution in [3.8, 4) is 0 Å². The van der Waals surface area contributed by atoms with Gasteiger partial charge in [-0.2, -0.15) is 0 Å². The van der Waals surface area contributed by atoms with E-state index in [1.807, 2.05) is 37.6 Å². The summed E-state index contributed by atoms with van der Waals surface area (Å²) in [5.41, 5.74) is 8.61. The highest BCUT2D eigenvalue weighted by atomic mass is 15.1. The summed E-state index contributed by atoms with van der Waals surface area (Å²) in [6.45, 7) is 3.78. The Labute approximate surface area is 105 Å². The Bertz CT molecular complexity index is 666. The maximum absolute atomic E-state index is 5.77. The molecule has 0 aliphatic carbocycles. The molecule has 0 saturated heterocycles. The van der Waals surface area contributed by atoms with E-state index < -0.39 is 0 Å². The van der Waals surface area contributed by atoms with E-state index in [0.717, 1.165) is 35.6 Å². The molecule has 3 aromatic rings. The third-order valence-corrected chi connectivity index (χ3v) is 3.10. The first-order chi connectivity index (χ1) is 8.74. The molecule has 0 amide bonds. The molecule has 1 aromatic carbocycles. The van der Waals surface area contributed by atoms with Crippen LogP contribution in [0.15, 0.2) is 36.9 Å². The summed E-state index contributed by atoms with van der Waals surface area (Å²) in [6.07, 6.45) is 5.58. The number of hydrogen-bond acceptors (Lipinski definition) is 3. The average molecular weight is 241 g/mol. The second-order valence-electron chi connectivity index (χ2n) is 4.36. The second kappa shape index (κ2) is 4.18. The van der Waals surface area contributed by atoms with Gasteiger partial charge in [0.2, 0.25) is 0 Å². The second-order valence-corrected chi connectivity index (χ2v) is 4.36. The molecule has 0 radical (unpaired) electrons. The number of nitrogen functional groups attached to an aromatic ring is 1. The van der Waals surface area contributed by atoms with Gasteiger partial charge in [0.05, 0.1) is 17.4 Å². The highest BCUT2D eigenvalue weighted by Crippen LogP contribution is 2.18. The SMILES string of the molecule is Cc1nc2cc(N)ccc2n1CCn1ccnc1. The summed E-state index contributed by atoms with van der Waals surface area (Å²) in [5.74, 6) is 1.01. The predicted octanol–water partition coefficient (Wildman–Crippen LogP) is 1.82. The molecule has 0 bridgehead atoms. The van der Waals surface area contributed by atoms with E-state index >= 15 is 0 Å². The fourth-order valence-corrected chi connectivity index (χ4v) is 2.18. The van der Waals surface area contributed by atoms with Gasteiger partial charge in [0.25, 0.3) is 0 Å². The van der Waals surface area contributed by atoms with Crippen molar-refractivity contribution in [3.05, 3.63) is 42.7 Å². The quantitative estimate of drug-likeness (QED) is 0.711. The molecule has 3 rings (SSSR count). The zero-order valence-electron chi connectivity index (χ0n) is 10.2. The fraction of sp³-hybridized carbons (Fsp3) is 0.231. The minimum absolute atomic E-state index is 0.752. The lowest BCUT2D eigenvalue weighted by atomic mass is 10.3. The Kier molecular flexibility index (Phi) is 2.51. The molecule has 5 heteroatoms. The van der Waals surface area contributed by atoms with Crippen LogP contribution in [-0.2, 0) is 13.1 Å². The molecular weight excluding hydrogens is 226 g/mol. The van der Waals surface area contributed by atoms with E-state index in [0.29, 0.717) is 0 Å². The first-order valence-electron chi connectivity index (χ1n) is 5.92. The van der Waals surface area contributed by atoms with Crippen LogP contribution in [0, 0.1) is 6.92 Å². The maximum atomic E-state index is 5.77. The van der Waals surface area contributed by atoms with E-state index in [4.69, 9.17) is 5.73 Å². The Morgan fingerprint density at radius 1 is 1.28 bits per heavy atom. The first-order valence-corrected chi connectivity index (χ1v) is 5.92. The van der Waals surface area contributed by atoms with Gasteiger partial charge in [0.15, 0.2) is 0 Å². The number of nitrogens with two attached hydrogens (primary N) is 1. The minimum Gasteiger partial charge on any atom is -0.399 e. The molecule has 18 heavy (non-hydrogen) atoms. The highest BCUT2D eigenvalue weighted by Gasteiger charge is 2.07. The largest absolute Gasteiger partial charge is 0.399 e. The van der Waals surface area contributed by atoms with E-state index in [1.165, 1.54) is 0 Å². The van der Waals surface area contributed by atoms with Crippen molar-refractivity contribution in [1.29, 1.82) is 0 Å². The number of aryl methyl sites for hydroxylation is 3. The summed E-state index contributed by atoms with van der Waals surface area (Å²) in [6, 6.07) is 5.85. The standard InChI is InChI=1S/C13H15N5/c1-10-16-12-8-11(14)2-3-13(12)18(10)7-6-17-5-4-15-9-17/h2-5,8-9H,6-7,14H2,1H3. The molecule has 5 nitrogen and oxygen atoms in total. The number of anilines is 1. The zero-order chi connectivity index (χ0) is 12.5. The van der Waals surface area contributed by atoms with Gasteiger partial charge in [-0.05, 0) is 25.1 Å². The molecular formula is C13H15N5. The number of hydrogen-bond donors (Lipinski definition) is 1. The van der Waals surface area contributed by atoms with Crippen LogP contribution in [0.4, 0.5) is 5.69 Å². The van der Waals surface area contributed by atoms with Crippen molar-refractivity contribution < 1.29 is 0 Å². The number of benzene rings is 1. The summed E-state index contributed by atoms with van der Waals surface area (Å²) < 4.78 is 4.26. The summed E-state index contributed by atoms with van der Waals surface area (Å²) in [5, 5.41) is 0. The third kappa shape index (κ3) is 1.84. The third-order valence-electron chi connectivity index (χ3n) is 3.10. The molecule has 0 aliphatic heterocycles. The van der Waals surface area contributed by atoms with Crippen molar-refractivity contribution in [2.75, 3.05) is 5.73 Å². The van der Waals surface area contributed by atoms with Crippen LogP contribution in [0.2, 0.25) is 0 Å². The lowest BCUT2D eigenvalue weighted by Gasteiger charge is -2.07. The van der Waals surface area contributed by atoms with Crippen LogP contribution in [-0.4, -0.2) is 19.1 Å². The van der Waals surface area contributed by atoms with Gasteiger partial charge >= 0.3 is 0 Å². The van der Waals surface area contributed by atoms with Gasteiger partial charge in [0.1, 0.15) is 5.82 Å². The Morgan fingerprint density at radius 3 is 2.94 bits per heavy atom. The molecule has 92 valence electrons. The van der Waals surface area contributed by atoms with Crippen molar-refractivity contribution in [2.45, 2.75) is 20.0 Å². The van der Waals surface area contributed by atoms with Crippen LogP contribution < -0.4 is 5.73 Å². The molecule has 2 N–H and O–H groups in total. The summed E-state index contributed by atoms with van der Waals surface area (Å²) in [4.78, 5) is 8.57. The van der Waals surface area contributed by atoms with Gasteiger partial charge in [-0.1, -0.05) is 0 Å². The monoisotopic (exact) mass is 241 g/mol. The average Bonchev–Trinajstić information content (AvgIpc) is 2.93. The van der Waals surface area contributed by atoms with Crippen LogP contribution in [0.25, 0.3) is 11.0 Å². The van der Waals surface area contributed by atoms with Gasteiger partial charge in [-0.25, -0.2) is 9.97 Å². The van der Waals surface area contributed by atoms with Crippen molar-refractivity contribution >= 4 is 16.7 Å². The van der Waals surface area contributed by atoms with Gasteiger partial charge < -0.3 is 14.9 Å². The smallest absolute Gasteiger partial charge is 0.106 e. The first kappa shape index (κ1) is 10.8. The van der Waals surface area contributed by atoms with E-state index in [2.05, 4.69) is 19.1 Å². The summed E-state index contributed by atoms with van der Waals surface area (Å²) in [7, 11) is 0. The Balaban J connectivity index is 1.93. The van der Waals surface area contributed by atoms with Crippen LogP contribution in [0.5, 0.6) is 0 Å². The molecule has 0 saturated carbocycles. The fourth-order valence-electron chi connectivity index (χ4n) is 2.18. The number of aromatic nitrogens is 4. The highest BCUT2D eigenvalue weighted by molar-refractivity contribution is 5.79. The maximum Gasteiger partial charge on any atom is 0.106 e. The van der Waals surface area contributed by atoms with Crippen molar-refractivity contribution in [3.63, 3.8) is 0 Å². The molecule has 2 aromatic heterocycles. The van der Waals surface area contributed by atoms with Crippen molar-refractivity contribution in [2.24, 2.45) is 0 Å². The Morgan fingerprint density at radius 2 is 2.17 bits per heavy atom. The van der Waals surface area contributed by atoms with Gasteiger partial charge in [-0.3, -0.25) is 0 Å². The van der Waals surface area contributed by atoms with Crippen LogP contribution in [0.3, 0.4) is 0 Å². The van der Waals surface area contributed by atoms with Crippen LogP contribution >= 0.6 is 0 Å². The molecule has 0 spiro atoms. The predicted molar refractivity (Wildman–Crippen MR) is 71.1 cm³/mol. The molecule has 0 aliphatic rings. The number of nitrogens with zero attached hydrogens (tertiary/aromatic N) is 4. The Hall–Kier alpha value is -2.30. The van der Waals surface area contributed by atoms with Gasteiger partial charge in [-0.15, -0.1) is 0 Å². The van der Waals surface area contributed by atoms with Crippen LogP contribution in [0.1, 0.15) is 5.82 Å². The number of rotatable bonds is 3. The van der Waals surface area contributed by atoms with E-state index in [9.17, 15) is 0 Å². The molecule has 0 unspecified atom stereocenters. The minimum atomic E-state index is 0.752.